The van der Waals surface area contributed by atoms with Gasteiger partial charge in [-0.15, -0.1) is 0 Å². The lowest BCUT2D eigenvalue weighted by Crippen LogP contribution is -2.37. The maximum absolute atomic E-state index is 11.2. The highest BCUT2D eigenvalue weighted by molar-refractivity contribution is 5.74. The van der Waals surface area contributed by atoms with Gasteiger partial charge in [-0.3, -0.25) is 4.79 Å². The summed E-state index contributed by atoms with van der Waals surface area (Å²) in [5.41, 5.74) is 4.68. The van der Waals surface area contributed by atoms with Crippen LogP contribution in [0.4, 0.5) is 0 Å². The highest BCUT2D eigenvalue weighted by Gasteiger charge is 2.24. The zero-order chi connectivity index (χ0) is 14.4. The van der Waals surface area contributed by atoms with Crippen molar-refractivity contribution in [1.82, 2.24) is 0 Å². The maximum Gasteiger partial charge on any atom is 0.322 e. The molecule has 0 amide bonds. The Morgan fingerprint density at radius 2 is 1.78 bits per heavy atom. The maximum atomic E-state index is 11.2. The van der Waals surface area contributed by atoms with E-state index in [-0.39, 0.29) is 12.2 Å². The standard InChI is InChI=1S/C13H27NO4/c1-10(14)11(15)17-9-13(4,5)18-8-7-12(2,3)16-6/h10H,7-9,14H2,1-6H3. The Hall–Kier alpha value is -0.650. The van der Waals surface area contributed by atoms with Crippen LogP contribution >= 0.6 is 0 Å². The molecule has 1 atom stereocenters. The third-order valence-corrected chi connectivity index (χ3v) is 2.68. The Bertz CT molecular complexity index is 262. The topological polar surface area (TPSA) is 70.8 Å². The van der Waals surface area contributed by atoms with Crippen molar-refractivity contribution in [3.05, 3.63) is 0 Å². The molecule has 0 aliphatic rings. The number of hydrogen-bond acceptors (Lipinski definition) is 5. The molecule has 0 fully saturated rings. The molecule has 18 heavy (non-hydrogen) atoms. The van der Waals surface area contributed by atoms with Crippen LogP contribution < -0.4 is 5.73 Å². The zero-order valence-electron chi connectivity index (χ0n) is 12.4. The van der Waals surface area contributed by atoms with Crippen LogP contribution in [0.5, 0.6) is 0 Å². The summed E-state index contributed by atoms with van der Waals surface area (Å²) in [5, 5.41) is 0. The molecule has 0 spiro atoms. The molecule has 0 saturated carbocycles. The zero-order valence-corrected chi connectivity index (χ0v) is 12.4. The number of hydrogen-bond donors (Lipinski definition) is 1. The van der Waals surface area contributed by atoms with Gasteiger partial charge in [-0.25, -0.2) is 0 Å². The van der Waals surface area contributed by atoms with Crippen molar-refractivity contribution in [3.8, 4) is 0 Å². The summed E-state index contributed by atoms with van der Waals surface area (Å²) in [6, 6.07) is -0.603. The van der Waals surface area contributed by atoms with Crippen LogP contribution in [0.15, 0.2) is 0 Å². The van der Waals surface area contributed by atoms with E-state index < -0.39 is 17.6 Å². The van der Waals surface area contributed by atoms with Gasteiger partial charge in [-0.1, -0.05) is 0 Å². The summed E-state index contributed by atoms with van der Waals surface area (Å²) in [5.74, 6) is -0.413. The van der Waals surface area contributed by atoms with Gasteiger partial charge in [0, 0.05) is 7.11 Å². The molecule has 0 aromatic rings. The Balaban J connectivity index is 3.97. The van der Waals surface area contributed by atoms with Gasteiger partial charge in [0.25, 0.3) is 0 Å². The molecule has 0 bridgehead atoms. The smallest absolute Gasteiger partial charge is 0.322 e. The number of carbonyl (C=O) groups excluding carboxylic acids is 1. The lowest BCUT2D eigenvalue weighted by Gasteiger charge is -2.28. The van der Waals surface area contributed by atoms with Crippen molar-refractivity contribution < 1.29 is 19.0 Å². The van der Waals surface area contributed by atoms with Crippen molar-refractivity contribution in [2.45, 2.75) is 58.3 Å². The highest BCUT2D eigenvalue weighted by atomic mass is 16.6. The average Bonchev–Trinajstić information content (AvgIpc) is 2.25. The molecule has 5 nitrogen and oxygen atoms in total. The quantitative estimate of drug-likeness (QED) is 0.670. The molecule has 0 aliphatic carbocycles. The van der Waals surface area contributed by atoms with Crippen LogP contribution in [0.1, 0.15) is 41.0 Å². The van der Waals surface area contributed by atoms with E-state index in [4.69, 9.17) is 19.9 Å². The minimum absolute atomic E-state index is 0.195. The SMILES string of the molecule is COC(C)(C)CCOC(C)(C)COC(=O)C(C)N. The normalized spacial score (nSPS) is 14.4. The highest BCUT2D eigenvalue weighted by Crippen LogP contribution is 2.16. The van der Waals surface area contributed by atoms with E-state index in [0.29, 0.717) is 6.61 Å². The van der Waals surface area contributed by atoms with Gasteiger partial charge in [0.15, 0.2) is 0 Å². The molecule has 0 aromatic carbocycles. The summed E-state index contributed by atoms with van der Waals surface area (Å²) in [4.78, 5) is 11.2. The van der Waals surface area contributed by atoms with Crippen LogP contribution in [-0.2, 0) is 19.0 Å². The average molecular weight is 261 g/mol. The van der Waals surface area contributed by atoms with Crippen LogP contribution in [0.3, 0.4) is 0 Å². The lowest BCUT2D eigenvalue weighted by atomic mass is 10.1. The fraction of sp³-hybridized carbons (Fsp3) is 0.923. The molecule has 0 saturated heterocycles. The van der Waals surface area contributed by atoms with Crippen molar-refractivity contribution in [3.63, 3.8) is 0 Å². The second kappa shape index (κ2) is 7.07. The molecule has 2 N–H and O–H groups in total. The molecule has 0 heterocycles. The third kappa shape index (κ3) is 7.63. The number of rotatable bonds is 8. The Labute approximate surface area is 110 Å². The summed E-state index contributed by atoms with van der Waals surface area (Å²) >= 11 is 0. The fourth-order valence-electron chi connectivity index (χ4n) is 1.09. The Morgan fingerprint density at radius 3 is 2.22 bits per heavy atom. The van der Waals surface area contributed by atoms with Crippen molar-refractivity contribution in [2.75, 3.05) is 20.3 Å². The van der Waals surface area contributed by atoms with E-state index >= 15 is 0 Å². The van der Waals surface area contributed by atoms with Gasteiger partial charge in [-0.05, 0) is 41.0 Å². The minimum atomic E-state index is -0.603. The van der Waals surface area contributed by atoms with E-state index in [0.717, 1.165) is 6.42 Å². The van der Waals surface area contributed by atoms with Crippen molar-refractivity contribution in [1.29, 1.82) is 0 Å². The first-order chi connectivity index (χ1) is 8.09. The molecular formula is C13H27NO4. The molecule has 5 heteroatoms. The van der Waals surface area contributed by atoms with Gasteiger partial charge < -0.3 is 19.9 Å². The lowest BCUT2D eigenvalue weighted by molar-refractivity contribution is -0.155. The van der Waals surface area contributed by atoms with E-state index in [1.165, 1.54) is 0 Å². The first-order valence-corrected chi connectivity index (χ1v) is 6.21. The van der Waals surface area contributed by atoms with Crippen LogP contribution in [0.25, 0.3) is 0 Å². The molecule has 0 aromatic heterocycles. The molecule has 0 radical (unpaired) electrons. The number of esters is 1. The molecule has 1 unspecified atom stereocenters. The summed E-state index contributed by atoms with van der Waals surface area (Å²) in [7, 11) is 1.68. The van der Waals surface area contributed by atoms with E-state index in [9.17, 15) is 4.79 Å². The van der Waals surface area contributed by atoms with E-state index in [2.05, 4.69) is 0 Å². The monoisotopic (exact) mass is 261 g/mol. The van der Waals surface area contributed by atoms with Crippen LogP contribution in [0, 0.1) is 0 Å². The summed E-state index contributed by atoms with van der Waals surface area (Å²) in [6.45, 7) is 10.1. The summed E-state index contributed by atoms with van der Waals surface area (Å²) < 4.78 is 16.1. The number of methoxy groups -OCH3 is 1. The van der Waals surface area contributed by atoms with Crippen LogP contribution in [-0.4, -0.2) is 43.5 Å². The van der Waals surface area contributed by atoms with E-state index in [1.54, 1.807) is 14.0 Å². The molecular weight excluding hydrogens is 234 g/mol. The largest absolute Gasteiger partial charge is 0.461 e. The predicted octanol–water partition coefficient (Wildman–Crippen LogP) is 1.49. The Morgan fingerprint density at radius 1 is 1.22 bits per heavy atom. The number of nitrogens with two attached hydrogens (primary N) is 1. The first kappa shape index (κ1) is 17.4. The number of ether oxygens (including phenoxy) is 3. The second-order valence-electron chi connectivity index (χ2n) is 5.72. The fourth-order valence-corrected chi connectivity index (χ4v) is 1.09. The molecule has 0 aliphatic heterocycles. The van der Waals surface area contributed by atoms with Crippen molar-refractivity contribution in [2.24, 2.45) is 5.73 Å². The first-order valence-electron chi connectivity index (χ1n) is 6.21. The minimum Gasteiger partial charge on any atom is -0.461 e. The van der Waals surface area contributed by atoms with Gasteiger partial charge in [0.1, 0.15) is 12.6 Å². The third-order valence-electron chi connectivity index (χ3n) is 2.68. The van der Waals surface area contributed by atoms with Crippen molar-refractivity contribution >= 4 is 5.97 Å². The van der Waals surface area contributed by atoms with Gasteiger partial charge in [0.2, 0.25) is 0 Å². The van der Waals surface area contributed by atoms with Crippen LogP contribution in [0.2, 0.25) is 0 Å². The Kier molecular flexibility index (Phi) is 6.81. The van der Waals surface area contributed by atoms with Gasteiger partial charge in [-0.2, -0.15) is 0 Å². The van der Waals surface area contributed by atoms with Gasteiger partial charge in [0.05, 0.1) is 17.8 Å². The second-order valence-corrected chi connectivity index (χ2v) is 5.72. The van der Waals surface area contributed by atoms with Gasteiger partial charge >= 0.3 is 5.97 Å². The van der Waals surface area contributed by atoms with E-state index in [1.807, 2.05) is 27.7 Å². The predicted molar refractivity (Wildman–Crippen MR) is 70.3 cm³/mol. The summed E-state index contributed by atoms with van der Waals surface area (Å²) in [6.07, 6.45) is 0.772. The molecule has 108 valence electrons. The number of carbonyl (C=O) groups is 1. The molecule has 0 rings (SSSR count).